The Morgan fingerprint density at radius 2 is 1.96 bits per heavy atom. The number of benzene rings is 1. The molecule has 1 aliphatic carbocycles. The number of hydrogen-bond donors (Lipinski definition) is 2. The lowest BCUT2D eigenvalue weighted by Gasteiger charge is -2.34. The fourth-order valence-electron chi connectivity index (χ4n) is 3.57. The molecule has 1 heterocycles. The fraction of sp³-hybridized carbons (Fsp3) is 0.429. The van der Waals surface area contributed by atoms with E-state index in [-0.39, 0.29) is 29.7 Å². The van der Waals surface area contributed by atoms with E-state index in [2.05, 4.69) is 40.4 Å². The van der Waals surface area contributed by atoms with Gasteiger partial charge in [0.15, 0.2) is 0 Å². The lowest BCUT2D eigenvalue weighted by Crippen LogP contribution is -2.37. The summed E-state index contributed by atoms with van der Waals surface area (Å²) in [6, 6.07) is 9.09. The number of fused-ring (bicyclic) bond motifs is 1. The molecule has 0 spiro atoms. The molecule has 1 aliphatic rings. The topological polar surface area (TPSA) is 71.3 Å². The van der Waals surface area contributed by atoms with Crippen molar-refractivity contribution in [3.63, 3.8) is 0 Å². The molecule has 6 heteroatoms. The summed E-state index contributed by atoms with van der Waals surface area (Å²) in [5.74, 6) is 1.59. The molecule has 0 saturated heterocycles. The standard InChI is InChI=1S/C21H25BrN2O3/c1-13-10-16-17(11-21(2,3)12-18(16)27-13)24-19(25)8-9-23-20(26)14-4-6-15(22)7-5-14/h4-7,10,17H,8-9,11-12H2,1-3H3,(H,23,26)(H,24,25). The van der Waals surface area contributed by atoms with Crippen molar-refractivity contribution in [2.75, 3.05) is 6.54 Å². The Labute approximate surface area is 168 Å². The van der Waals surface area contributed by atoms with Gasteiger partial charge in [0.25, 0.3) is 5.91 Å². The van der Waals surface area contributed by atoms with Crippen molar-refractivity contribution in [3.8, 4) is 0 Å². The van der Waals surface area contributed by atoms with Crippen LogP contribution in [0.15, 0.2) is 39.2 Å². The molecule has 2 amide bonds. The number of carbonyl (C=O) groups is 2. The third-order valence-corrected chi connectivity index (χ3v) is 5.34. The molecule has 3 rings (SSSR count). The van der Waals surface area contributed by atoms with Crippen LogP contribution in [0, 0.1) is 12.3 Å². The van der Waals surface area contributed by atoms with Crippen molar-refractivity contribution in [2.45, 2.75) is 46.1 Å². The first-order chi connectivity index (χ1) is 12.7. The summed E-state index contributed by atoms with van der Waals surface area (Å²) in [7, 11) is 0. The first-order valence-electron chi connectivity index (χ1n) is 9.16. The quantitative estimate of drug-likeness (QED) is 0.739. The molecule has 144 valence electrons. The molecule has 1 aromatic heterocycles. The third kappa shape index (κ3) is 5.01. The van der Waals surface area contributed by atoms with E-state index in [1.807, 2.05) is 25.1 Å². The van der Waals surface area contributed by atoms with Crippen molar-refractivity contribution in [3.05, 3.63) is 57.5 Å². The molecule has 1 aromatic carbocycles. The van der Waals surface area contributed by atoms with Gasteiger partial charge >= 0.3 is 0 Å². The second kappa shape index (κ2) is 7.89. The number of aryl methyl sites for hydroxylation is 1. The van der Waals surface area contributed by atoms with Crippen LogP contribution < -0.4 is 10.6 Å². The summed E-state index contributed by atoms with van der Waals surface area (Å²) in [5, 5.41) is 5.90. The zero-order valence-electron chi connectivity index (χ0n) is 15.9. The largest absolute Gasteiger partial charge is 0.466 e. The summed E-state index contributed by atoms with van der Waals surface area (Å²) in [5.41, 5.74) is 1.73. The second-order valence-corrected chi connectivity index (χ2v) is 8.83. The van der Waals surface area contributed by atoms with Gasteiger partial charge in [-0.3, -0.25) is 9.59 Å². The van der Waals surface area contributed by atoms with Crippen LogP contribution in [-0.2, 0) is 11.2 Å². The molecular weight excluding hydrogens is 408 g/mol. The average Bonchev–Trinajstić information content (AvgIpc) is 2.94. The van der Waals surface area contributed by atoms with Crippen molar-refractivity contribution in [1.82, 2.24) is 10.6 Å². The van der Waals surface area contributed by atoms with E-state index in [0.29, 0.717) is 12.1 Å². The highest BCUT2D eigenvalue weighted by atomic mass is 79.9. The van der Waals surface area contributed by atoms with Gasteiger partial charge in [-0.25, -0.2) is 0 Å². The molecule has 1 unspecified atom stereocenters. The Kier molecular flexibility index (Phi) is 5.75. The van der Waals surface area contributed by atoms with E-state index in [0.717, 1.165) is 34.4 Å². The first-order valence-corrected chi connectivity index (χ1v) is 9.95. The molecule has 5 nitrogen and oxygen atoms in total. The minimum atomic E-state index is -0.179. The third-order valence-electron chi connectivity index (χ3n) is 4.82. The normalized spacial score (nSPS) is 17.9. The molecule has 0 bridgehead atoms. The Balaban J connectivity index is 1.53. The number of furan rings is 1. The summed E-state index contributed by atoms with van der Waals surface area (Å²) >= 11 is 3.34. The Bertz CT molecular complexity index is 840. The minimum absolute atomic E-state index is 0.0455. The molecule has 2 N–H and O–H groups in total. The molecular formula is C21H25BrN2O3. The SMILES string of the molecule is Cc1cc2c(o1)CC(C)(C)CC2NC(=O)CCNC(=O)c1ccc(Br)cc1. The average molecular weight is 433 g/mol. The highest BCUT2D eigenvalue weighted by Crippen LogP contribution is 2.41. The number of nitrogens with one attached hydrogen (secondary N) is 2. The predicted octanol–water partition coefficient (Wildman–Crippen LogP) is 4.30. The predicted molar refractivity (Wildman–Crippen MR) is 108 cm³/mol. The summed E-state index contributed by atoms with van der Waals surface area (Å²) in [4.78, 5) is 24.5. The van der Waals surface area contributed by atoms with Crippen molar-refractivity contribution in [1.29, 1.82) is 0 Å². The van der Waals surface area contributed by atoms with Crippen LogP contribution in [0.4, 0.5) is 0 Å². The van der Waals surface area contributed by atoms with Crippen LogP contribution >= 0.6 is 15.9 Å². The van der Waals surface area contributed by atoms with Crippen LogP contribution in [0.1, 0.15) is 60.2 Å². The smallest absolute Gasteiger partial charge is 0.251 e. The molecule has 2 aromatic rings. The fourth-order valence-corrected chi connectivity index (χ4v) is 3.84. The van der Waals surface area contributed by atoms with Crippen molar-refractivity contribution >= 4 is 27.7 Å². The van der Waals surface area contributed by atoms with Gasteiger partial charge in [0, 0.05) is 35.0 Å². The number of amides is 2. The minimum Gasteiger partial charge on any atom is -0.466 e. The van der Waals surface area contributed by atoms with Gasteiger partial charge in [0.05, 0.1) is 6.04 Å². The first kappa shape index (κ1) is 19.7. The highest BCUT2D eigenvalue weighted by Gasteiger charge is 2.35. The number of hydrogen-bond acceptors (Lipinski definition) is 3. The van der Waals surface area contributed by atoms with Crippen LogP contribution in [0.5, 0.6) is 0 Å². The van der Waals surface area contributed by atoms with E-state index in [1.54, 1.807) is 12.1 Å². The van der Waals surface area contributed by atoms with E-state index < -0.39 is 0 Å². The molecule has 27 heavy (non-hydrogen) atoms. The summed E-state index contributed by atoms with van der Waals surface area (Å²) < 4.78 is 6.73. The van der Waals surface area contributed by atoms with Gasteiger partial charge in [-0.2, -0.15) is 0 Å². The number of carbonyl (C=O) groups excluding carboxylic acids is 2. The molecule has 0 aliphatic heterocycles. The maximum atomic E-state index is 12.4. The summed E-state index contributed by atoms with van der Waals surface area (Å²) in [6.07, 6.45) is 1.99. The molecule has 1 atom stereocenters. The molecule has 0 radical (unpaired) electrons. The van der Waals surface area contributed by atoms with Crippen LogP contribution in [0.2, 0.25) is 0 Å². The van der Waals surface area contributed by atoms with Crippen LogP contribution in [0.25, 0.3) is 0 Å². The van der Waals surface area contributed by atoms with Gasteiger partial charge in [0.2, 0.25) is 5.91 Å². The van der Waals surface area contributed by atoms with E-state index in [4.69, 9.17) is 4.42 Å². The molecule has 0 fully saturated rings. The van der Waals surface area contributed by atoms with Crippen LogP contribution in [-0.4, -0.2) is 18.4 Å². The van der Waals surface area contributed by atoms with Gasteiger partial charge in [-0.1, -0.05) is 29.8 Å². The lowest BCUT2D eigenvalue weighted by atomic mass is 9.74. The monoisotopic (exact) mass is 432 g/mol. The van der Waals surface area contributed by atoms with Crippen molar-refractivity contribution in [2.24, 2.45) is 5.41 Å². The number of rotatable bonds is 5. The zero-order chi connectivity index (χ0) is 19.6. The van der Waals surface area contributed by atoms with Crippen LogP contribution in [0.3, 0.4) is 0 Å². The second-order valence-electron chi connectivity index (χ2n) is 7.91. The Hall–Kier alpha value is -2.08. The lowest BCUT2D eigenvalue weighted by molar-refractivity contribution is -0.122. The maximum Gasteiger partial charge on any atom is 0.251 e. The maximum absolute atomic E-state index is 12.4. The van der Waals surface area contributed by atoms with Gasteiger partial charge in [0.1, 0.15) is 11.5 Å². The Morgan fingerprint density at radius 3 is 2.67 bits per heavy atom. The van der Waals surface area contributed by atoms with E-state index in [1.165, 1.54) is 0 Å². The Morgan fingerprint density at radius 1 is 1.26 bits per heavy atom. The van der Waals surface area contributed by atoms with E-state index in [9.17, 15) is 9.59 Å². The van der Waals surface area contributed by atoms with E-state index >= 15 is 0 Å². The highest BCUT2D eigenvalue weighted by molar-refractivity contribution is 9.10. The molecule has 0 saturated carbocycles. The van der Waals surface area contributed by atoms with Gasteiger partial charge < -0.3 is 15.1 Å². The van der Waals surface area contributed by atoms with Gasteiger partial charge in [-0.15, -0.1) is 0 Å². The van der Waals surface area contributed by atoms with Crippen molar-refractivity contribution < 1.29 is 14.0 Å². The zero-order valence-corrected chi connectivity index (χ0v) is 17.5. The van der Waals surface area contributed by atoms with Gasteiger partial charge in [-0.05, 0) is 49.1 Å². The number of halogens is 1. The summed E-state index contributed by atoms with van der Waals surface area (Å²) in [6.45, 7) is 6.60.